The summed E-state index contributed by atoms with van der Waals surface area (Å²) in [7, 11) is 0. The summed E-state index contributed by atoms with van der Waals surface area (Å²) < 4.78 is 5.62. The van der Waals surface area contributed by atoms with E-state index in [2.05, 4.69) is 50.4 Å². The van der Waals surface area contributed by atoms with E-state index in [1.807, 2.05) is 12.1 Å². The van der Waals surface area contributed by atoms with Gasteiger partial charge in [0.05, 0.1) is 12.3 Å². The number of nitrogens with zero attached hydrogens (tertiary/aromatic N) is 1. The molecule has 0 atom stereocenters. The molecule has 0 bridgehead atoms. The van der Waals surface area contributed by atoms with Gasteiger partial charge in [-0.3, -0.25) is 4.98 Å². The van der Waals surface area contributed by atoms with E-state index < -0.39 is 0 Å². The monoisotopic (exact) mass is 298 g/mol. The Morgan fingerprint density at radius 1 is 1.00 bits per heavy atom. The van der Waals surface area contributed by atoms with E-state index in [1.165, 1.54) is 5.56 Å². The lowest BCUT2D eigenvalue weighted by atomic mass is 10.1. The lowest BCUT2D eigenvalue weighted by Crippen LogP contribution is -2.15. The van der Waals surface area contributed by atoms with Crippen molar-refractivity contribution in [2.75, 3.05) is 13.2 Å². The van der Waals surface area contributed by atoms with Gasteiger partial charge in [-0.1, -0.05) is 19.9 Å². The number of nitrogens with one attached hydrogen (secondary N) is 1. The molecule has 2 aromatic rings. The van der Waals surface area contributed by atoms with Crippen LogP contribution in [0.25, 0.3) is 11.3 Å². The lowest BCUT2D eigenvalue weighted by molar-refractivity contribution is 0.317. The van der Waals surface area contributed by atoms with Gasteiger partial charge in [-0.25, -0.2) is 0 Å². The molecule has 2 rings (SSSR count). The van der Waals surface area contributed by atoms with Crippen molar-refractivity contribution < 1.29 is 4.74 Å². The first-order chi connectivity index (χ1) is 10.7. The molecule has 0 unspecified atom stereocenters. The average molecular weight is 298 g/mol. The Morgan fingerprint density at radius 2 is 1.77 bits per heavy atom. The molecule has 0 saturated heterocycles. The maximum absolute atomic E-state index is 5.62. The van der Waals surface area contributed by atoms with Crippen molar-refractivity contribution >= 4 is 0 Å². The lowest BCUT2D eigenvalue weighted by Gasteiger charge is -2.10. The van der Waals surface area contributed by atoms with Crippen molar-refractivity contribution in [1.29, 1.82) is 0 Å². The van der Waals surface area contributed by atoms with Crippen LogP contribution in [0.5, 0.6) is 5.75 Å². The zero-order valence-corrected chi connectivity index (χ0v) is 13.9. The normalized spacial score (nSPS) is 10.7. The summed E-state index contributed by atoms with van der Waals surface area (Å²) in [5.74, 6) is 0.919. The minimum absolute atomic E-state index is 0.760. The summed E-state index contributed by atoms with van der Waals surface area (Å²) in [5.41, 5.74) is 4.49. The molecule has 0 fully saturated rings. The largest absolute Gasteiger partial charge is 0.494 e. The van der Waals surface area contributed by atoms with Crippen LogP contribution in [0.2, 0.25) is 0 Å². The zero-order chi connectivity index (χ0) is 15.8. The van der Waals surface area contributed by atoms with E-state index in [0.717, 1.165) is 55.2 Å². The third kappa shape index (κ3) is 4.57. The Kier molecular flexibility index (Phi) is 6.41. The van der Waals surface area contributed by atoms with Gasteiger partial charge < -0.3 is 10.1 Å². The molecule has 0 saturated carbocycles. The van der Waals surface area contributed by atoms with Crippen molar-refractivity contribution in [1.82, 2.24) is 10.3 Å². The number of benzene rings is 1. The highest BCUT2D eigenvalue weighted by Crippen LogP contribution is 2.22. The maximum Gasteiger partial charge on any atom is 0.119 e. The van der Waals surface area contributed by atoms with Crippen LogP contribution in [-0.4, -0.2) is 18.1 Å². The van der Waals surface area contributed by atoms with Crippen molar-refractivity contribution in [2.24, 2.45) is 0 Å². The molecule has 0 spiro atoms. The van der Waals surface area contributed by atoms with Gasteiger partial charge in [-0.05, 0) is 62.2 Å². The van der Waals surface area contributed by atoms with Crippen LogP contribution in [-0.2, 0) is 6.54 Å². The van der Waals surface area contributed by atoms with E-state index in [4.69, 9.17) is 9.72 Å². The number of rotatable bonds is 8. The second-order valence-corrected chi connectivity index (χ2v) is 5.49. The summed E-state index contributed by atoms with van der Waals surface area (Å²) in [6.45, 7) is 9.05. The molecule has 0 aliphatic rings. The summed E-state index contributed by atoms with van der Waals surface area (Å²) in [5, 5.41) is 3.42. The second kappa shape index (κ2) is 8.54. The quantitative estimate of drug-likeness (QED) is 0.736. The summed E-state index contributed by atoms with van der Waals surface area (Å²) in [6, 6.07) is 12.4. The second-order valence-electron chi connectivity index (χ2n) is 5.49. The number of pyridine rings is 1. The molecule has 1 aromatic heterocycles. The first kappa shape index (κ1) is 16.5. The van der Waals surface area contributed by atoms with Gasteiger partial charge in [0, 0.05) is 17.8 Å². The van der Waals surface area contributed by atoms with E-state index in [9.17, 15) is 0 Å². The molecular formula is C19H26N2O. The Bertz CT molecular complexity index is 578. The van der Waals surface area contributed by atoms with Gasteiger partial charge >= 0.3 is 0 Å². The van der Waals surface area contributed by atoms with Gasteiger partial charge in [0.2, 0.25) is 0 Å². The topological polar surface area (TPSA) is 34.1 Å². The van der Waals surface area contributed by atoms with Crippen LogP contribution < -0.4 is 10.1 Å². The van der Waals surface area contributed by atoms with Crippen LogP contribution in [0.4, 0.5) is 0 Å². The predicted molar refractivity (Wildman–Crippen MR) is 92.2 cm³/mol. The van der Waals surface area contributed by atoms with Crippen LogP contribution in [0, 0.1) is 6.92 Å². The third-order valence-electron chi connectivity index (χ3n) is 3.56. The molecule has 1 N–H and O–H groups in total. The van der Waals surface area contributed by atoms with Gasteiger partial charge in [-0.15, -0.1) is 0 Å². The van der Waals surface area contributed by atoms with Crippen molar-refractivity contribution in [3.63, 3.8) is 0 Å². The molecule has 22 heavy (non-hydrogen) atoms. The molecule has 0 radical (unpaired) electrons. The van der Waals surface area contributed by atoms with Gasteiger partial charge in [0.15, 0.2) is 0 Å². The number of ether oxygens (including phenoxy) is 1. The smallest absolute Gasteiger partial charge is 0.119 e. The van der Waals surface area contributed by atoms with Gasteiger partial charge in [0.25, 0.3) is 0 Å². The zero-order valence-electron chi connectivity index (χ0n) is 13.9. The maximum atomic E-state index is 5.62. The van der Waals surface area contributed by atoms with Gasteiger partial charge in [0.1, 0.15) is 5.75 Å². The Balaban J connectivity index is 2.07. The minimum Gasteiger partial charge on any atom is -0.494 e. The first-order valence-electron chi connectivity index (χ1n) is 8.15. The number of aromatic nitrogens is 1. The van der Waals surface area contributed by atoms with Crippen LogP contribution in [0.15, 0.2) is 36.4 Å². The van der Waals surface area contributed by atoms with E-state index in [0.29, 0.717) is 0 Å². The molecule has 1 heterocycles. The molecular weight excluding hydrogens is 272 g/mol. The fourth-order valence-corrected chi connectivity index (χ4v) is 2.28. The Labute approximate surface area is 133 Å². The van der Waals surface area contributed by atoms with E-state index >= 15 is 0 Å². The van der Waals surface area contributed by atoms with Gasteiger partial charge in [-0.2, -0.15) is 0 Å². The van der Waals surface area contributed by atoms with Crippen molar-refractivity contribution in [3.05, 3.63) is 47.7 Å². The Morgan fingerprint density at radius 3 is 2.41 bits per heavy atom. The summed E-state index contributed by atoms with van der Waals surface area (Å²) >= 11 is 0. The van der Waals surface area contributed by atoms with E-state index in [-0.39, 0.29) is 0 Å². The van der Waals surface area contributed by atoms with E-state index in [1.54, 1.807) is 0 Å². The standard InChI is InChI=1S/C19H26N2O/c1-4-12-20-14-17-8-11-19(21-15(17)3)16-6-9-18(10-7-16)22-13-5-2/h6-11,20H,4-5,12-14H2,1-3H3. The SMILES string of the molecule is CCCNCc1ccc(-c2ccc(OCCC)cc2)nc1C. The summed E-state index contributed by atoms with van der Waals surface area (Å²) in [6.07, 6.45) is 2.17. The number of hydrogen-bond acceptors (Lipinski definition) is 3. The van der Waals surface area contributed by atoms with Crippen LogP contribution >= 0.6 is 0 Å². The first-order valence-corrected chi connectivity index (χ1v) is 8.15. The molecule has 0 amide bonds. The molecule has 0 aliphatic carbocycles. The van der Waals surface area contributed by atoms with Crippen LogP contribution in [0.3, 0.4) is 0 Å². The third-order valence-corrected chi connectivity index (χ3v) is 3.56. The number of aryl methyl sites for hydroxylation is 1. The molecule has 3 heteroatoms. The molecule has 3 nitrogen and oxygen atoms in total. The van der Waals surface area contributed by atoms with Crippen molar-refractivity contribution in [2.45, 2.75) is 40.2 Å². The average Bonchev–Trinajstić information content (AvgIpc) is 2.55. The highest BCUT2D eigenvalue weighted by molar-refractivity contribution is 5.60. The molecule has 118 valence electrons. The fourth-order valence-electron chi connectivity index (χ4n) is 2.28. The molecule has 0 aliphatic heterocycles. The number of hydrogen-bond donors (Lipinski definition) is 1. The minimum atomic E-state index is 0.760. The Hall–Kier alpha value is -1.87. The highest BCUT2D eigenvalue weighted by Gasteiger charge is 2.04. The van der Waals surface area contributed by atoms with Crippen molar-refractivity contribution in [3.8, 4) is 17.0 Å². The van der Waals surface area contributed by atoms with Crippen LogP contribution in [0.1, 0.15) is 37.9 Å². The predicted octanol–water partition coefficient (Wildman–Crippen LogP) is 4.35. The summed E-state index contributed by atoms with van der Waals surface area (Å²) in [4.78, 5) is 4.73. The molecule has 1 aromatic carbocycles. The fraction of sp³-hybridized carbons (Fsp3) is 0.421. The highest BCUT2D eigenvalue weighted by atomic mass is 16.5.